The van der Waals surface area contributed by atoms with E-state index in [1.54, 1.807) is 0 Å². The fourth-order valence-electron chi connectivity index (χ4n) is 3.84. The average Bonchev–Trinajstić information content (AvgIpc) is 3.23. The van der Waals surface area contributed by atoms with Crippen LogP contribution < -0.4 is 0 Å². The van der Waals surface area contributed by atoms with Crippen molar-refractivity contribution in [2.24, 2.45) is 5.92 Å². The molecule has 0 spiro atoms. The van der Waals surface area contributed by atoms with Crippen LogP contribution in [0, 0.1) is 5.92 Å². The van der Waals surface area contributed by atoms with E-state index in [1.165, 1.54) is 0 Å². The minimum atomic E-state index is 0.0786. The van der Waals surface area contributed by atoms with Crippen molar-refractivity contribution < 1.29 is 9.32 Å². The number of hydrogen-bond donors (Lipinski definition) is 0. The molecule has 0 saturated carbocycles. The van der Waals surface area contributed by atoms with E-state index in [0.29, 0.717) is 24.8 Å². The highest BCUT2D eigenvalue weighted by molar-refractivity contribution is 9.10. The number of amides is 1. The summed E-state index contributed by atoms with van der Waals surface area (Å²) in [4.78, 5) is 21.5. The van der Waals surface area contributed by atoms with Gasteiger partial charge in [-0.1, -0.05) is 63.6 Å². The van der Waals surface area contributed by atoms with Crippen LogP contribution in [0.25, 0.3) is 11.4 Å². The number of nitrogens with zero attached hydrogens (tertiary/aromatic N) is 4. The van der Waals surface area contributed by atoms with Crippen LogP contribution in [-0.2, 0) is 17.9 Å². The highest BCUT2D eigenvalue weighted by Gasteiger charge is 2.28. The van der Waals surface area contributed by atoms with Gasteiger partial charge < -0.3 is 9.42 Å². The molecule has 0 aliphatic carbocycles. The van der Waals surface area contributed by atoms with Crippen LogP contribution in [-0.4, -0.2) is 46.0 Å². The molecule has 1 aliphatic heterocycles. The number of hydrogen-bond acceptors (Lipinski definition) is 5. The molecule has 4 rings (SSSR count). The van der Waals surface area contributed by atoms with Crippen LogP contribution in [0.5, 0.6) is 0 Å². The molecule has 30 heavy (non-hydrogen) atoms. The number of likely N-dealkylation sites (tertiary alicyclic amines) is 1. The lowest BCUT2D eigenvalue weighted by atomic mass is 9.95. The lowest BCUT2D eigenvalue weighted by molar-refractivity contribution is -0.136. The van der Waals surface area contributed by atoms with Crippen molar-refractivity contribution in [1.29, 1.82) is 0 Å². The molecule has 0 unspecified atom stereocenters. The van der Waals surface area contributed by atoms with E-state index in [0.717, 1.165) is 41.5 Å². The van der Waals surface area contributed by atoms with Gasteiger partial charge in [0.15, 0.2) is 0 Å². The quantitative estimate of drug-likeness (QED) is 0.537. The van der Waals surface area contributed by atoms with Gasteiger partial charge in [0.25, 0.3) is 0 Å². The first-order chi connectivity index (χ1) is 14.6. The van der Waals surface area contributed by atoms with E-state index < -0.39 is 0 Å². The standard InChI is InChI=1S/C23H25BrN4O2/c1-27(15-17-6-3-2-4-7-17)23(29)18-10-12-28(13-11-18)16-21-25-22(26-30-21)19-8-5-9-20(24)14-19/h2-9,14,18H,10-13,15-16H2,1H3. The zero-order chi connectivity index (χ0) is 20.9. The zero-order valence-electron chi connectivity index (χ0n) is 17.0. The Hall–Kier alpha value is -2.51. The second kappa shape index (κ2) is 9.53. The van der Waals surface area contributed by atoms with Gasteiger partial charge in [-0.3, -0.25) is 9.69 Å². The Bertz CT molecular complexity index is 984. The molecule has 156 valence electrons. The first-order valence-electron chi connectivity index (χ1n) is 10.2. The molecule has 0 atom stereocenters. The van der Waals surface area contributed by atoms with E-state index in [9.17, 15) is 4.79 Å². The van der Waals surface area contributed by atoms with Crippen LogP contribution in [0.15, 0.2) is 63.6 Å². The Labute approximate surface area is 185 Å². The Morgan fingerprint density at radius 1 is 1.17 bits per heavy atom. The van der Waals surface area contributed by atoms with Crippen LogP contribution in [0.2, 0.25) is 0 Å². The Morgan fingerprint density at radius 3 is 2.67 bits per heavy atom. The molecule has 1 aliphatic rings. The van der Waals surface area contributed by atoms with Crippen LogP contribution in [0.1, 0.15) is 24.3 Å². The van der Waals surface area contributed by atoms with Gasteiger partial charge in [0.05, 0.1) is 6.54 Å². The van der Waals surface area contributed by atoms with E-state index >= 15 is 0 Å². The summed E-state index contributed by atoms with van der Waals surface area (Å²) in [6.07, 6.45) is 1.70. The average molecular weight is 469 g/mol. The third-order valence-corrected chi connectivity index (χ3v) is 5.98. The van der Waals surface area contributed by atoms with Crippen molar-refractivity contribution in [3.8, 4) is 11.4 Å². The molecule has 1 saturated heterocycles. The molecule has 1 fully saturated rings. The van der Waals surface area contributed by atoms with Crippen molar-refractivity contribution in [3.63, 3.8) is 0 Å². The van der Waals surface area contributed by atoms with Crippen molar-refractivity contribution >= 4 is 21.8 Å². The van der Waals surface area contributed by atoms with Gasteiger partial charge in [-0.05, 0) is 43.6 Å². The van der Waals surface area contributed by atoms with Crippen molar-refractivity contribution in [2.45, 2.75) is 25.9 Å². The number of carbonyl (C=O) groups excluding carboxylic acids is 1. The predicted molar refractivity (Wildman–Crippen MR) is 118 cm³/mol. The van der Waals surface area contributed by atoms with Crippen molar-refractivity contribution in [1.82, 2.24) is 19.9 Å². The van der Waals surface area contributed by atoms with Gasteiger partial charge in [-0.15, -0.1) is 0 Å². The van der Waals surface area contributed by atoms with Gasteiger partial charge in [0, 0.05) is 29.5 Å². The van der Waals surface area contributed by atoms with E-state index in [2.05, 4.69) is 43.1 Å². The number of rotatable bonds is 6. The highest BCUT2D eigenvalue weighted by Crippen LogP contribution is 2.23. The van der Waals surface area contributed by atoms with E-state index in [1.807, 2.05) is 54.4 Å². The predicted octanol–water partition coefficient (Wildman–Crippen LogP) is 4.37. The van der Waals surface area contributed by atoms with Gasteiger partial charge in [-0.2, -0.15) is 4.98 Å². The molecule has 1 aromatic heterocycles. The molecule has 3 aromatic rings. The smallest absolute Gasteiger partial charge is 0.241 e. The number of carbonyl (C=O) groups is 1. The summed E-state index contributed by atoms with van der Waals surface area (Å²) < 4.78 is 6.43. The lowest BCUT2D eigenvalue weighted by Crippen LogP contribution is -2.40. The number of benzene rings is 2. The fourth-order valence-corrected chi connectivity index (χ4v) is 4.24. The maximum Gasteiger partial charge on any atom is 0.241 e. The van der Waals surface area contributed by atoms with Gasteiger partial charge in [0.2, 0.25) is 17.6 Å². The summed E-state index contributed by atoms with van der Waals surface area (Å²) in [6, 6.07) is 18.0. The Balaban J connectivity index is 1.28. The monoisotopic (exact) mass is 468 g/mol. The minimum Gasteiger partial charge on any atom is -0.341 e. The van der Waals surface area contributed by atoms with Crippen LogP contribution in [0.4, 0.5) is 0 Å². The highest BCUT2D eigenvalue weighted by atomic mass is 79.9. The van der Waals surface area contributed by atoms with Gasteiger partial charge in [0.1, 0.15) is 0 Å². The summed E-state index contributed by atoms with van der Waals surface area (Å²) in [5, 5.41) is 4.10. The Kier molecular flexibility index (Phi) is 6.59. The molecular formula is C23H25BrN4O2. The summed E-state index contributed by atoms with van der Waals surface area (Å²) in [5.74, 6) is 1.51. The molecule has 7 heteroatoms. The molecule has 2 heterocycles. The second-order valence-electron chi connectivity index (χ2n) is 7.75. The van der Waals surface area contributed by atoms with E-state index in [-0.39, 0.29) is 11.8 Å². The number of piperidine rings is 1. The summed E-state index contributed by atoms with van der Waals surface area (Å²) >= 11 is 3.47. The molecular weight excluding hydrogens is 444 g/mol. The molecule has 1 amide bonds. The van der Waals surface area contributed by atoms with Gasteiger partial charge in [-0.25, -0.2) is 0 Å². The maximum atomic E-state index is 12.8. The van der Waals surface area contributed by atoms with Crippen LogP contribution in [0.3, 0.4) is 0 Å². The number of aromatic nitrogens is 2. The first kappa shape index (κ1) is 20.8. The summed E-state index contributed by atoms with van der Waals surface area (Å²) in [5.41, 5.74) is 2.08. The molecule has 6 nitrogen and oxygen atoms in total. The topological polar surface area (TPSA) is 62.5 Å². The third kappa shape index (κ3) is 5.15. The minimum absolute atomic E-state index is 0.0786. The third-order valence-electron chi connectivity index (χ3n) is 5.49. The normalized spacial score (nSPS) is 15.3. The zero-order valence-corrected chi connectivity index (χ0v) is 18.6. The largest absolute Gasteiger partial charge is 0.341 e. The summed E-state index contributed by atoms with van der Waals surface area (Å²) in [6.45, 7) is 2.97. The SMILES string of the molecule is CN(Cc1ccccc1)C(=O)C1CCN(Cc2nc(-c3cccc(Br)c3)no2)CC1. The van der Waals surface area contributed by atoms with Crippen molar-refractivity contribution in [2.75, 3.05) is 20.1 Å². The van der Waals surface area contributed by atoms with E-state index in [4.69, 9.17) is 4.52 Å². The summed E-state index contributed by atoms with van der Waals surface area (Å²) in [7, 11) is 1.89. The van der Waals surface area contributed by atoms with Crippen molar-refractivity contribution in [3.05, 3.63) is 70.5 Å². The molecule has 0 radical (unpaired) electrons. The molecule has 0 N–H and O–H groups in total. The second-order valence-corrected chi connectivity index (χ2v) is 8.67. The first-order valence-corrected chi connectivity index (χ1v) is 11.0. The van der Waals surface area contributed by atoms with Gasteiger partial charge >= 0.3 is 0 Å². The Morgan fingerprint density at radius 2 is 1.93 bits per heavy atom. The fraction of sp³-hybridized carbons (Fsp3) is 0.348. The maximum absolute atomic E-state index is 12.8. The van der Waals surface area contributed by atoms with Crippen LogP contribution >= 0.6 is 15.9 Å². The lowest BCUT2D eigenvalue weighted by Gasteiger charge is -2.32. The number of halogens is 1. The molecule has 2 aromatic carbocycles. The molecule has 0 bridgehead atoms.